The number of rotatable bonds is 3. The first-order valence-electron chi connectivity index (χ1n) is 4.20. The molecular weight excluding hydrogens is 202 g/mol. The van der Waals surface area contributed by atoms with Crippen LogP contribution in [-0.2, 0) is 16.4 Å². The van der Waals surface area contributed by atoms with Crippen molar-refractivity contribution in [3.63, 3.8) is 0 Å². The van der Waals surface area contributed by atoms with E-state index in [4.69, 9.17) is 10.2 Å². The van der Waals surface area contributed by atoms with Crippen molar-refractivity contribution in [2.75, 3.05) is 0 Å². The van der Waals surface area contributed by atoms with E-state index in [0.29, 0.717) is 5.56 Å². The Labute approximate surface area is 83.4 Å². The van der Waals surface area contributed by atoms with Gasteiger partial charge in [0.05, 0.1) is 11.0 Å². The smallest absolute Gasteiger partial charge is 0.238 e. The molecule has 0 bridgehead atoms. The van der Waals surface area contributed by atoms with Crippen LogP contribution in [0.15, 0.2) is 29.2 Å². The molecule has 0 fully saturated rings. The van der Waals surface area contributed by atoms with Crippen LogP contribution in [0.1, 0.15) is 12.5 Å². The maximum Gasteiger partial charge on any atom is 0.238 e. The molecule has 0 heterocycles. The molecule has 0 aromatic heterocycles. The number of aliphatic hydroxyl groups excluding tert-OH is 1. The third-order valence-corrected chi connectivity index (χ3v) is 2.81. The Bertz CT molecular complexity index is 412. The molecule has 0 saturated heterocycles. The van der Waals surface area contributed by atoms with Crippen LogP contribution in [0.5, 0.6) is 0 Å². The Morgan fingerprint density at radius 1 is 1.43 bits per heavy atom. The molecule has 0 aliphatic carbocycles. The fourth-order valence-electron chi connectivity index (χ4n) is 1.27. The van der Waals surface area contributed by atoms with Crippen molar-refractivity contribution in [3.8, 4) is 0 Å². The van der Waals surface area contributed by atoms with E-state index < -0.39 is 16.1 Å². The van der Waals surface area contributed by atoms with Crippen LogP contribution >= 0.6 is 0 Å². The first-order valence-corrected chi connectivity index (χ1v) is 5.74. The Hall–Kier alpha value is -0.910. The van der Waals surface area contributed by atoms with Crippen LogP contribution in [-0.4, -0.2) is 19.6 Å². The van der Waals surface area contributed by atoms with Gasteiger partial charge in [-0.3, -0.25) is 0 Å². The van der Waals surface area contributed by atoms with Gasteiger partial charge in [-0.2, -0.15) is 0 Å². The maximum atomic E-state index is 11.1. The number of aliphatic hydroxyl groups is 1. The lowest BCUT2D eigenvalue weighted by Gasteiger charge is -2.08. The van der Waals surface area contributed by atoms with E-state index in [9.17, 15) is 8.42 Å². The largest absolute Gasteiger partial charge is 0.393 e. The van der Waals surface area contributed by atoms with E-state index in [1.165, 1.54) is 6.07 Å². The number of benzene rings is 1. The van der Waals surface area contributed by atoms with Gasteiger partial charge in [0, 0.05) is 0 Å². The lowest BCUT2D eigenvalue weighted by molar-refractivity contribution is 0.194. The molecule has 1 atom stereocenters. The van der Waals surface area contributed by atoms with Gasteiger partial charge in [0.15, 0.2) is 0 Å². The Morgan fingerprint density at radius 2 is 2.00 bits per heavy atom. The molecule has 0 amide bonds. The van der Waals surface area contributed by atoms with Gasteiger partial charge in [0.1, 0.15) is 0 Å². The summed E-state index contributed by atoms with van der Waals surface area (Å²) >= 11 is 0. The van der Waals surface area contributed by atoms with E-state index >= 15 is 0 Å². The molecule has 1 aromatic rings. The molecule has 1 unspecified atom stereocenters. The minimum absolute atomic E-state index is 0.0842. The molecule has 5 heteroatoms. The van der Waals surface area contributed by atoms with Gasteiger partial charge in [0.2, 0.25) is 10.0 Å². The Kier molecular flexibility index (Phi) is 3.25. The molecule has 0 saturated carbocycles. The molecule has 4 nitrogen and oxygen atoms in total. The normalized spacial score (nSPS) is 13.9. The molecule has 14 heavy (non-hydrogen) atoms. The fraction of sp³-hybridized carbons (Fsp3) is 0.333. The lowest BCUT2D eigenvalue weighted by atomic mass is 10.1. The van der Waals surface area contributed by atoms with E-state index in [2.05, 4.69) is 0 Å². The van der Waals surface area contributed by atoms with Crippen molar-refractivity contribution in [3.05, 3.63) is 29.8 Å². The summed E-state index contributed by atoms with van der Waals surface area (Å²) in [6.45, 7) is 1.60. The van der Waals surface area contributed by atoms with Gasteiger partial charge in [-0.25, -0.2) is 13.6 Å². The van der Waals surface area contributed by atoms with E-state index in [-0.39, 0.29) is 11.3 Å². The van der Waals surface area contributed by atoms with Crippen molar-refractivity contribution in [2.45, 2.75) is 24.3 Å². The molecule has 1 aromatic carbocycles. The summed E-state index contributed by atoms with van der Waals surface area (Å²) in [5, 5.41) is 14.2. The molecule has 1 rings (SSSR count). The summed E-state index contributed by atoms with van der Waals surface area (Å²) in [5.74, 6) is 0. The standard InChI is InChI=1S/C9H13NO3S/c1-7(11)6-8-4-2-3-5-9(8)14(10,12)13/h2-5,7,11H,6H2,1H3,(H2,10,12,13). The molecule has 0 aliphatic heterocycles. The predicted molar refractivity (Wildman–Crippen MR) is 53.2 cm³/mol. The number of nitrogens with two attached hydrogens (primary N) is 1. The molecule has 0 spiro atoms. The maximum absolute atomic E-state index is 11.1. The summed E-state index contributed by atoms with van der Waals surface area (Å²) in [5.41, 5.74) is 0.546. The first kappa shape index (κ1) is 11.2. The summed E-state index contributed by atoms with van der Waals surface area (Å²) < 4.78 is 22.3. The molecular formula is C9H13NO3S. The van der Waals surface area contributed by atoms with Gasteiger partial charge >= 0.3 is 0 Å². The van der Waals surface area contributed by atoms with Crippen LogP contribution in [0, 0.1) is 0 Å². The lowest BCUT2D eigenvalue weighted by Crippen LogP contribution is -2.16. The van der Waals surface area contributed by atoms with Crippen molar-refractivity contribution in [1.29, 1.82) is 0 Å². The molecule has 78 valence electrons. The SMILES string of the molecule is CC(O)Cc1ccccc1S(N)(=O)=O. The van der Waals surface area contributed by atoms with Gasteiger partial charge in [-0.1, -0.05) is 18.2 Å². The predicted octanol–water partition coefficient (Wildman–Crippen LogP) is 0.257. The number of sulfonamides is 1. The van der Waals surface area contributed by atoms with Gasteiger partial charge in [-0.05, 0) is 25.0 Å². The zero-order valence-corrected chi connectivity index (χ0v) is 8.66. The minimum atomic E-state index is -3.69. The third kappa shape index (κ3) is 2.80. The highest BCUT2D eigenvalue weighted by Gasteiger charge is 2.13. The van der Waals surface area contributed by atoms with Crippen LogP contribution in [0.3, 0.4) is 0 Å². The monoisotopic (exact) mass is 215 g/mol. The summed E-state index contributed by atoms with van der Waals surface area (Å²) in [6.07, 6.45) is -0.301. The number of hydrogen-bond acceptors (Lipinski definition) is 3. The zero-order valence-electron chi connectivity index (χ0n) is 7.84. The van der Waals surface area contributed by atoms with Crippen molar-refractivity contribution in [1.82, 2.24) is 0 Å². The van der Waals surface area contributed by atoms with Crippen LogP contribution in [0.2, 0.25) is 0 Å². The quantitative estimate of drug-likeness (QED) is 0.758. The summed E-state index contributed by atoms with van der Waals surface area (Å²) in [4.78, 5) is 0.0842. The first-order chi connectivity index (χ1) is 6.41. The molecule has 3 N–H and O–H groups in total. The summed E-state index contributed by atoms with van der Waals surface area (Å²) in [7, 11) is -3.69. The second kappa shape index (κ2) is 4.08. The Balaban J connectivity index is 3.17. The highest BCUT2D eigenvalue weighted by atomic mass is 32.2. The fourth-order valence-corrected chi connectivity index (χ4v) is 2.05. The minimum Gasteiger partial charge on any atom is -0.393 e. The average Bonchev–Trinajstić information content (AvgIpc) is 2.01. The highest BCUT2D eigenvalue weighted by Crippen LogP contribution is 2.15. The van der Waals surface area contributed by atoms with E-state index in [1.54, 1.807) is 25.1 Å². The van der Waals surface area contributed by atoms with Crippen LogP contribution in [0.4, 0.5) is 0 Å². The highest BCUT2D eigenvalue weighted by molar-refractivity contribution is 7.89. The van der Waals surface area contributed by atoms with Gasteiger partial charge in [-0.15, -0.1) is 0 Å². The number of hydrogen-bond donors (Lipinski definition) is 2. The van der Waals surface area contributed by atoms with E-state index in [0.717, 1.165) is 0 Å². The van der Waals surface area contributed by atoms with Crippen LogP contribution < -0.4 is 5.14 Å². The number of primary sulfonamides is 1. The third-order valence-electron chi connectivity index (χ3n) is 1.79. The van der Waals surface area contributed by atoms with Gasteiger partial charge < -0.3 is 5.11 Å². The molecule has 0 radical (unpaired) electrons. The van der Waals surface area contributed by atoms with Crippen LogP contribution in [0.25, 0.3) is 0 Å². The second-order valence-electron chi connectivity index (χ2n) is 3.21. The zero-order chi connectivity index (χ0) is 10.8. The average molecular weight is 215 g/mol. The van der Waals surface area contributed by atoms with Crippen molar-refractivity contribution in [2.24, 2.45) is 5.14 Å². The molecule has 0 aliphatic rings. The summed E-state index contributed by atoms with van der Waals surface area (Å²) in [6, 6.07) is 6.40. The van der Waals surface area contributed by atoms with Crippen molar-refractivity contribution >= 4 is 10.0 Å². The second-order valence-corrected chi connectivity index (χ2v) is 4.74. The van der Waals surface area contributed by atoms with Crippen molar-refractivity contribution < 1.29 is 13.5 Å². The van der Waals surface area contributed by atoms with Gasteiger partial charge in [0.25, 0.3) is 0 Å². The van der Waals surface area contributed by atoms with E-state index in [1.807, 2.05) is 0 Å². The topological polar surface area (TPSA) is 80.4 Å². The Morgan fingerprint density at radius 3 is 2.50 bits per heavy atom.